The lowest BCUT2D eigenvalue weighted by Gasteiger charge is -2.07. The number of hydrogen-bond donors (Lipinski definition) is 1. The van der Waals surface area contributed by atoms with Crippen molar-refractivity contribution in [2.24, 2.45) is 5.16 Å². The summed E-state index contributed by atoms with van der Waals surface area (Å²) in [5, 5.41) is 10.9. The van der Waals surface area contributed by atoms with Gasteiger partial charge in [0, 0.05) is 11.3 Å². The molecule has 0 bridgehead atoms. The molecule has 0 radical (unpaired) electrons. The third-order valence-corrected chi connectivity index (χ3v) is 4.15. The maximum Gasteiger partial charge on any atom is 0.437 e. The smallest absolute Gasteiger partial charge is 0.298 e. The van der Waals surface area contributed by atoms with E-state index in [0.717, 1.165) is 27.1 Å². The van der Waals surface area contributed by atoms with E-state index in [2.05, 4.69) is 28.7 Å². The molecule has 4 nitrogen and oxygen atoms in total. The van der Waals surface area contributed by atoms with Crippen LogP contribution in [0.4, 0.5) is 10.5 Å². The summed E-state index contributed by atoms with van der Waals surface area (Å²) in [7, 11) is 0. The first-order valence-corrected chi connectivity index (χ1v) is 8.28. The Balaban J connectivity index is 1.63. The molecule has 1 amide bonds. The zero-order chi connectivity index (χ0) is 17.8. The second-order valence-corrected chi connectivity index (χ2v) is 5.84. The van der Waals surface area contributed by atoms with Gasteiger partial charge in [0.15, 0.2) is 0 Å². The molecule has 0 fully saturated rings. The van der Waals surface area contributed by atoms with E-state index in [1.807, 2.05) is 54.6 Å². The molecular formula is C22H16N2O2. The molecular weight excluding hydrogens is 324 g/mol. The highest BCUT2D eigenvalue weighted by Crippen LogP contribution is 2.27. The van der Waals surface area contributed by atoms with Crippen LogP contribution in [0.2, 0.25) is 0 Å². The summed E-state index contributed by atoms with van der Waals surface area (Å²) in [4.78, 5) is 16.8. The molecule has 4 aromatic rings. The van der Waals surface area contributed by atoms with Crippen molar-refractivity contribution in [2.45, 2.75) is 0 Å². The summed E-state index contributed by atoms with van der Waals surface area (Å²) in [6.45, 7) is 0. The van der Waals surface area contributed by atoms with Gasteiger partial charge in [-0.25, -0.2) is 4.79 Å². The number of amides is 1. The van der Waals surface area contributed by atoms with Gasteiger partial charge < -0.3 is 0 Å². The summed E-state index contributed by atoms with van der Waals surface area (Å²) in [6, 6.07) is 27.4. The molecule has 0 atom stereocenters. The largest absolute Gasteiger partial charge is 0.437 e. The van der Waals surface area contributed by atoms with Crippen LogP contribution in [-0.2, 0) is 4.84 Å². The minimum absolute atomic E-state index is 0.628. The fourth-order valence-corrected chi connectivity index (χ4v) is 2.98. The Labute approximate surface area is 150 Å². The average molecular weight is 340 g/mol. The van der Waals surface area contributed by atoms with Crippen molar-refractivity contribution in [3.63, 3.8) is 0 Å². The molecule has 0 unspecified atom stereocenters. The quantitative estimate of drug-likeness (QED) is 0.229. The van der Waals surface area contributed by atoms with Crippen LogP contribution in [0.1, 0.15) is 5.56 Å². The van der Waals surface area contributed by atoms with E-state index in [9.17, 15) is 4.79 Å². The molecule has 0 saturated heterocycles. The molecule has 0 aliphatic rings. The van der Waals surface area contributed by atoms with Gasteiger partial charge in [-0.15, -0.1) is 0 Å². The number of nitrogens with zero attached hydrogens (tertiary/aromatic N) is 1. The summed E-state index contributed by atoms with van der Waals surface area (Å²) >= 11 is 0. The molecule has 4 aromatic carbocycles. The lowest BCUT2D eigenvalue weighted by molar-refractivity contribution is 0.167. The molecule has 0 heterocycles. The summed E-state index contributed by atoms with van der Waals surface area (Å²) in [5.74, 6) is 0. The molecule has 0 spiro atoms. The number of carbonyl (C=O) groups is 1. The van der Waals surface area contributed by atoms with Gasteiger partial charge in [-0.1, -0.05) is 71.9 Å². The zero-order valence-corrected chi connectivity index (χ0v) is 13.9. The molecule has 0 aliphatic carbocycles. The highest BCUT2D eigenvalue weighted by Gasteiger charge is 2.06. The second kappa shape index (κ2) is 7.07. The lowest BCUT2D eigenvalue weighted by atomic mass is 9.97. The van der Waals surface area contributed by atoms with Crippen LogP contribution in [0.5, 0.6) is 0 Å². The van der Waals surface area contributed by atoms with Crippen LogP contribution in [-0.4, -0.2) is 12.3 Å². The maximum absolute atomic E-state index is 11.9. The Morgan fingerprint density at radius 2 is 1.38 bits per heavy atom. The monoisotopic (exact) mass is 340 g/mol. The van der Waals surface area contributed by atoms with Gasteiger partial charge in [0.2, 0.25) is 0 Å². The maximum atomic E-state index is 11.9. The van der Waals surface area contributed by atoms with Crippen molar-refractivity contribution < 1.29 is 9.63 Å². The predicted octanol–water partition coefficient (Wildman–Crippen LogP) is 5.58. The average Bonchev–Trinajstić information content (AvgIpc) is 2.68. The Kier molecular flexibility index (Phi) is 4.31. The van der Waals surface area contributed by atoms with Crippen molar-refractivity contribution in [1.82, 2.24) is 0 Å². The van der Waals surface area contributed by atoms with Crippen LogP contribution in [0.25, 0.3) is 21.5 Å². The van der Waals surface area contributed by atoms with Gasteiger partial charge in [0.05, 0.1) is 6.21 Å². The van der Waals surface area contributed by atoms with Crippen LogP contribution in [0.15, 0.2) is 90.1 Å². The molecule has 0 aliphatic heterocycles. The number of carbonyl (C=O) groups excluding carboxylic acids is 1. The van der Waals surface area contributed by atoms with Crippen molar-refractivity contribution in [1.29, 1.82) is 0 Å². The van der Waals surface area contributed by atoms with E-state index in [1.165, 1.54) is 0 Å². The number of oxime groups is 1. The molecule has 126 valence electrons. The standard InChI is InChI=1S/C22H16N2O2/c25-22(24-18-10-2-1-3-11-18)26-23-15-21-19-12-6-4-8-16(19)14-17-9-5-7-13-20(17)21/h1-15H,(H,24,25)/b23-15+. The van der Waals surface area contributed by atoms with E-state index < -0.39 is 6.09 Å². The fourth-order valence-electron chi connectivity index (χ4n) is 2.98. The molecule has 4 rings (SSSR count). The van der Waals surface area contributed by atoms with Crippen LogP contribution < -0.4 is 5.32 Å². The number of rotatable bonds is 3. The van der Waals surface area contributed by atoms with Crippen molar-refractivity contribution >= 4 is 39.5 Å². The van der Waals surface area contributed by atoms with E-state index in [-0.39, 0.29) is 0 Å². The van der Waals surface area contributed by atoms with Gasteiger partial charge >= 0.3 is 6.09 Å². The first kappa shape index (κ1) is 15.8. The fraction of sp³-hybridized carbons (Fsp3) is 0. The number of nitrogens with one attached hydrogen (secondary N) is 1. The SMILES string of the molecule is O=C(Nc1ccccc1)O/N=C/c1c2ccccc2cc2ccccc12. The first-order valence-electron chi connectivity index (χ1n) is 8.28. The third-order valence-electron chi connectivity index (χ3n) is 4.15. The van der Waals surface area contributed by atoms with Crippen LogP contribution >= 0.6 is 0 Å². The lowest BCUT2D eigenvalue weighted by Crippen LogP contribution is -2.10. The number of para-hydroxylation sites is 1. The van der Waals surface area contributed by atoms with Gasteiger partial charge in [-0.3, -0.25) is 10.2 Å². The zero-order valence-electron chi connectivity index (χ0n) is 13.9. The number of anilines is 1. The van der Waals surface area contributed by atoms with Gasteiger partial charge in [0.25, 0.3) is 0 Å². The molecule has 4 heteroatoms. The summed E-state index contributed by atoms with van der Waals surface area (Å²) in [6.07, 6.45) is 0.965. The van der Waals surface area contributed by atoms with Gasteiger partial charge in [-0.05, 0) is 39.7 Å². The Morgan fingerprint density at radius 3 is 2.04 bits per heavy atom. The summed E-state index contributed by atoms with van der Waals surface area (Å²) in [5.41, 5.74) is 1.58. The number of hydrogen-bond acceptors (Lipinski definition) is 3. The Bertz CT molecular complexity index is 1050. The topological polar surface area (TPSA) is 50.7 Å². The molecule has 26 heavy (non-hydrogen) atoms. The highest BCUT2D eigenvalue weighted by molar-refractivity contribution is 6.13. The Morgan fingerprint density at radius 1 is 0.808 bits per heavy atom. The number of benzene rings is 4. The first-order chi connectivity index (χ1) is 12.8. The summed E-state index contributed by atoms with van der Waals surface area (Å²) < 4.78 is 0. The van der Waals surface area contributed by atoms with E-state index in [1.54, 1.807) is 18.3 Å². The predicted molar refractivity (Wildman–Crippen MR) is 106 cm³/mol. The van der Waals surface area contributed by atoms with Crippen LogP contribution in [0, 0.1) is 0 Å². The Hall–Kier alpha value is -3.66. The van der Waals surface area contributed by atoms with Gasteiger partial charge in [0.1, 0.15) is 0 Å². The van der Waals surface area contributed by atoms with Crippen LogP contribution in [0.3, 0.4) is 0 Å². The highest BCUT2D eigenvalue weighted by atomic mass is 16.7. The minimum atomic E-state index is -0.628. The van der Waals surface area contributed by atoms with Crippen molar-refractivity contribution in [3.05, 3.63) is 90.5 Å². The normalized spacial score (nSPS) is 11.1. The van der Waals surface area contributed by atoms with Crippen molar-refractivity contribution in [2.75, 3.05) is 5.32 Å². The second-order valence-electron chi connectivity index (χ2n) is 5.84. The minimum Gasteiger partial charge on any atom is -0.298 e. The van der Waals surface area contributed by atoms with E-state index in [0.29, 0.717) is 5.69 Å². The molecule has 0 saturated carbocycles. The van der Waals surface area contributed by atoms with E-state index >= 15 is 0 Å². The van der Waals surface area contributed by atoms with Crippen molar-refractivity contribution in [3.8, 4) is 0 Å². The third kappa shape index (κ3) is 3.26. The van der Waals surface area contributed by atoms with E-state index in [4.69, 9.17) is 4.84 Å². The molecule has 0 aromatic heterocycles. The molecule has 1 N–H and O–H groups in total. The van der Waals surface area contributed by atoms with Gasteiger partial charge in [-0.2, -0.15) is 0 Å². The number of fused-ring (bicyclic) bond motifs is 2.